The van der Waals surface area contributed by atoms with Crippen LogP contribution in [0.4, 0.5) is 0 Å². The average Bonchev–Trinajstić information content (AvgIpc) is 2.52. The van der Waals surface area contributed by atoms with Gasteiger partial charge in [0, 0.05) is 22.4 Å². The van der Waals surface area contributed by atoms with Crippen LogP contribution in [0.15, 0.2) is 66.9 Å². The third-order valence-electron chi connectivity index (χ3n) is 4.22. The Morgan fingerprint density at radius 1 is 0.600 bits per heavy atom. The summed E-state index contributed by atoms with van der Waals surface area (Å²) in [5, 5.41) is 9.04. The molecule has 1 nitrogen and oxygen atoms in total. The molecule has 0 unspecified atom stereocenters. The van der Waals surface area contributed by atoms with Gasteiger partial charge in [-0.25, -0.2) is 0 Å². The number of hydrogen-bond acceptors (Lipinski definition) is 1. The second kappa shape index (κ2) is 3.45. The van der Waals surface area contributed by atoms with Gasteiger partial charge in [0.1, 0.15) is 0 Å². The number of fused-ring (bicyclic) bond motifs is 2. The van der Waals surface area contributed by atoms with Gasteiger partial charge in [-0.15, -0.1) is 0 Å². The molecule has 5 aromatic rings. The van der Waals surface area contributed by atoms with Crippen molar-refractivity contribution in [1.82, 2.24) is 4.98 Å². The molecule has 0 aliphatic heterocycles. The summed E-state index contributed by atoms with van der Waals surface area (Å²) in [4.78, 5) is 4.62. The van der Waals surface area contributed by atoms with Gasteiger partial charge in [0.2, 0.25) is 0 Å². The van der Waals surface area contributed by atoms with Crippen LogP contribution in [-0.2, 0) is 0 Å². The molecular formula is C19H11N. The van der Waals surface area contributed by atoms with E-state index in [0.29, 0.717) is 0 Å². The molecular weight excluding hydrogens is 242 g/mol. The monoisotopic (exact) mass is 253 g/mol. The first-order valence-corrected chi connectivity index (χ1v) is 6.83. The number of hydrogen-bond donors (Lipinski definition) is 0. The SMILES string of the molecule is c1ccc2c(c1)cc1cnc3cccc4ccc2c1c43. The van der Waals surface area contributed by atoms with Gasteiger partial charge in [0.05, 0.1) is 5.52 Å². The van der Waals surface area contributed by atoms with Crippen molar-refractivity contribution in [3.05, 3.63) is 66.9 Å². The first-order chi connectivity index (χ1) is 9.92. The van der Waals surface area contributed by atoms with Crippen LogP contribution in [0.5, 0.6) is 0 Å². The first-order valence-electron chi connectivity index (χ1n) is 6.83. The number of benzene rings is 4. The molecule has 0 atom stereocenters. The summed E-state index contributed by atoms with van der Waals surface area (Å²) >= 11 is 0. The normalized spacial score (nSPS) is 12.0. The fourth-order valence-corrected chi connectivity index (χ4v) is 3.34. The van der Waals surface area contributed by atoms with E-state index >= 15 is 0 Å². The Morgan fingerprint density at radius 2 is 1.50 bits per heavy atom. The zero-order valence-electron chi connectivity index (χ0n) is 10.8. The summed E-state index contributed by atoms with van der Waals surface area (Å²) < 4.78 is 0. The van der Waals surface area contributed by atoms with Gasteiger partial charge in [0.25, 0.3) is 0 Å². The van der Waals surface area contributed by atoms with Crippen molar-refractivity contribution in [2.45, 2.75) is 0 Å². The lowest BCUT2D eigenvalue weighted by molar-refractivity contribution is 1.45. The minimum atomic E-state index is 1.08. The van der Waals surface area contributed by atoms with Crippen molar-refractivity contribution < 1.29 is 0 Å². The zero-order chi connectivity index (χ0) is 13.1. The number of aromatic nitrogens is 1. The molecule has 0 saturated heterocycles. The summed E-state index contributed by atoms with van der Waals surface area (Å²) in [6.07, 6.45) is 2.00. The van der Waals surface area contributed by atoms with Crippen LogP contribution in [0.1, 0.15) is 0 Å². The fourth-order valence-electron chi connectivity index (χ4n) is 3.34. The van der Waals surface area contributed by atoms with E-state index in [1.54, 1.807) is 0 Å². The Morgan fingerprint density at radius 3 is 2.50 bits per heavy atom. The van der Waals surface area contributed by atoms with Crippen molar-refractivity contribution >= 4 is 43.2 Å². The number of nitrogens with zero attached hydrogens (tertiary/aromatic N) is 1. The molecule has 0 amide bonds. The highest BCUT2D eigenvalue weighted by Gasteiger charge is 2.10. The Kier molecular flexibility index (Phi) is 1.75. The van der Waals surface area contributed by atoms with Gasteiger partial charge in [-0.05, 0) is 33.7 Å². The standard InChI is InChI=1S/C19H11N/c1-2-6-15-13(4-1)10-14-11-20-17-7-3-5-12-8-9-16(15)18(14)19(12)17/h1-11H. The van der Waals surface area contributed by atoms with Gasteiger partial charge in [-0.2, -0.15) is 0 Å². The molecule has 1 heterocycles. The maximum Gasteiger partial charge on any atom is 0.0714 e. The summed E-state index contributed by atoms with van der Waals surface area (Å²) in [5.74, 6) is 0. The van der Waals surface area contributed by atoms with E-state index in [9.17, 15) is 0 Å². The van der Waals surface area contributed by atoms with Crippen molar-refractivity contribution in [1.29, 1.82) is 0 Å². The second-order valence-electron chi connectivity index (χ2n) is 5.31. The van der Waals surface area contributed by atoms with E-state index in [4.69, 9.17) is 0 Å². The van der Waals surface area contributed by atoms with E-state index in [1.807, 2.05) is 6.20 Å². The third kappa shape index (κ3) is 1.15. The summed E-state index contributed by atoms with van der Waals surface area (Å²) in [7, 11) is 0. The van der Waals surface area contributed by atoms with Crippen LogP contribution in [-0.4, -0.2) is 4.98 Å². The maximum absolute atomic E-state index is 4.62. The lowest BCUT2D eigenvalue weighted by atomic mass is 9.93. The van der Waals surface area contributed by atoms with Gasteiger partial charge >= 0.3 is 0 Å². The highest BCUT2D eigenvalue weighted by Crippen LogP contribution is 2.37. The van der Waals surface area contributed by atoms with E-state index in [1.165, 1.54) is 37.7 Å². The predicted molar refractivity (Wildman–Crippen MR) is 85.4 cm³/mol. The van der Waals surface area contributed by atoms with Gasteiger partial charge < -0.3 is 0 Å². The van der Waals surface area contributed by atoms with E-state index in [2.05, 4.69) is 65.6 Å². The van der Waals surface area contributed by atoms with E-state index < -0.39 is 0 Å². The van der Waals surface area contributed by atoms with Crippen molar-refractivity contribution in [2.75, 3.05) is 0 Å². The molecule has 1 heteroatoms. The largest absolute Gasteiger partial charge is 0.256 e. The van der Waals surface area contributed by atoms with Crippen LogP contribution in [0.3, 0.4) is 0 Å². The van der Waals surface area contributed by atoms with Crippen LogP contribution >= 0.6 is 0 Å². The Hall–Kier alpha value is -2.67. The van der Waals surface area contributed by atoms with Gasteiger partial charge in [0.15, 0.2) is 0 Å². The maximum atomic E-state index is 4.62. The molecule has 1 aromatic heterocycles. The quantitative estimate of drug-likeness (QED) is 0.275. The molecule has 92 valence electrons. The molecule has 0 radical (unpaired) electrons. The van der Waals surface area contributed by atoms with Crippen molar-refractivity contribution in [3.8, 4) is 0 Å². The topological polar surface area (TPSA) is 12.9 Å². The molecule has 0 bridgehead atoms. The average molecular weight is 253 g/mol. The van der Waals surface area contributed by atoms with Crippen LogP contribution < -0.4 is 0 Å². The van der Waals surface area contributed by atoms with Crippen LogP contribution in [0.2, 0.25) is 0 Å². The van der Waals surface area contributed by atoms with E-state index in [0.717, 1.165) is 5.52 Å². The zero-order valence-corrected chi connectivity index (χ0v) is 10.8. The molecule has 5 rings (SSSR count). The molecule has 4 aromatic carbocycles. The van der Waals surface area contributed by atoms with Gasteiger partial charge in [-0.3, -0.25) is 4.98 Å². The highest BCUT2D eigenvalue weighted by atomic mass is 14.6. The third-order valence-corrected chi connectivity index (χ3v) is 4.22. The van der Waals surface area contributed by atoms with Gasteiger partial charge in [-0.1, -0.05) is 48.5 Å². The lowest BCUT2D eigenvalue weighted by Crippen LogP contribution is -1.87. The molecule has 0 N–H and O–H groups in total. The van der Waals surface area contributed by atoms with Crippen LogP contribution in [0, 0.1) is 0 Å². The lowest BCUT2D eigenvalue weighted by Gasteiger charge is -2.12. The molecule has 0 saturated carbocycles. The minimum Gasteiger partial charge on any atom is -0.256 e. The number of rotatable bonds is 0. The molecule has 0 spiro atoms. The summed E-state index contributed by atoms with van der Waals surface area (Å²) in [6.45, 7) is 0. The Bertz CT molecular complexity index is 1080. The predicted octanol–water partition coefficient (Wildman–Crippen LogP) is 5.13. The summed E-state index contributed by atoms with van der Waals surface area (Å²) in [6, 6.07) is 21.6. The highest BCUT2D eigenvalue weighted by molar-refractivity contribution is 6.27. The Labute approximate surface area is 115 Å². The summed E-state index contributed by atoms with van der Waals surface area (Å²) in [5.41, 5.74) is 1.08. The molecule has 0 aliphatic rings. The van der Waals surface area contributed by atoms with E-state index in [-0.39, 0.29) is 0 Å². The second-order valence-corrected chi connectivity index (χ2v) is 5.31. The molecule has 0 aliphatic carbocycles. The Balaban J connectivity index is 2.23. The first kappa shape index (κ1) is 10.2. The van der Waals surface area contributed by atoms with Crippen LogP contribution in [0.25, 0.3) is 43.2 Å². The minimum absolute atomic E-state index is 1.08. The smallest absolute Gasteiger partial charge is 0.0714 e. The fraction of sp³-hybridized carbons (Fsp3) is 0. The van der Waals surface area contributed by atoms with Crippen molar-refractivity contribution in [2.24, 2.45) is 0 Å². The number of pyridine rings is 1. The van der Waals surface area contributed by atoms with Crippen molar-refractivity contribution in [3.63, 3.8) is 0 Å². The molecule has 20 heavy (non-hydrogen) atoms. The molecule has 0 fully saturated rings.